The average Bonchev–Trinajstić information content (AvgIpc) is 3.29. The maximum absolute atomic E-state index is 14.2. The molecule has 0 fully saturated rings. The number of nitriles is 1. The highest BCUT2D eigenvalue weighted by atomic mass is 32.1. The largest absolute Gasteiger partial charge is 0.394 e. The minimum atomic E-state index is -1.22. The highest BCUT2D eigenvalue weighted by Crippen LogP contribution is 2.38. The molecule has 0 saturated heterocycles. The summed E-state index contributed by atoms with van der Waals surface area (Å²) < 4.78 is 16.5. The molecular formula is C27H19FN2O3S. The molecule has 0 radical (unpaired) electrons. The predicted molar refractivity (Wildman–Crippen MR) is 132 cm³/mol. The Kier molecular flexibility index (Phi) is 5.72. The fraction of sp³-hybridized carbons (Fsp3) is 0.111. The van der Waals surface area contributed by atoms with Crippen LogP contribution in [0.2, 0.25) is 0 Å². The number of nitrogens with zero attached hydrogens (tertiary/aromatic N) is 2. The van der Waals surface area contributed by atoms with Crippen LogP contribution in [0.4, 0.5) is 4.39 Å². The molecule has 1 atom stereocenters. The third-order valence-corrected chi connectivity index (χ3v) is 6.85. The number of hydrogen-bond donors (Lipinski definition) is 2. The highest BCUT2D eigenvalue weighted by molar-refractivity contribution is 7.17. The zero-order chi connectivity index (χ0) is 23.8. The van der Waals surface area contributed by atoms with E-state index < -0.39 is 24.1 Å². The maximum atomic E-state index is 14.2. The van der Waals surface area contributed by atoms with Crippen LogP contribution in [0.15, 0.2) is 76.9 Å². The van der Waals surface area contributed by atoms with Gasteiger partial charge in [0.15, 0.2) is 0 Å². The lowest BCUT2D eigenvalue weighted by atomic mass is 9.93. The van der Waals surface area contributed by atoms with Gasteiger partial charge in [-0.05, 0) is 52.2 Å². The molecule has 0 bridgehead atoms. The minimum absolute atomic E-state index is 0.00271. The number of thiophene rings is 1. The molecule has 0 spiro atoms. The van der Waals surface area contributed by atoms with E-state index in [-0.39, 0.29) is 12.2 Å². The van der Waals surface area contributed by atoms with Gasteiger partial charge in [0, 0.05) is 26.6 Å². The van der Waals surface area contributed by atoms with Crippen molar-refractivity contribution in [2.45, 2.75) is 12.6 Å². The van der Waals surface area contributed by atoms with E-state index in [9.17, 15) is 24.7 Å². The topological polar surface area (TPSA) is 86.2 Å². The van der Waals surface area contributed by atoms with E-state index in [4.69, 9.17) is 0 Å². The molecule has 0 aliphatic rings. The molecule has 5 nitrogen and oxygen atoms in total. The van der Waals surface area contributed by atoms with Gasteiger partial charge >= 0.3 is 0 Å². The van der Waals surface area contributed by atoms with Crippen molar-refractivity contribution in [1.82, 2.24) is 4.57 Å². The van der Waals surface area contributed by atoms with E-state index in [0.717, 1.165) is 25.8 Å². The summed E-state index contributed by atoms with van der Waals surface area (Å²) >= 11 is 1.62. The first-order chi connectivity index (χ1) is 16.5. The lowest BCUT2D eigenvalue weighted by molar-refractivity contribution is 0.0803. The fourth-order valence-electron chi connectivity index (χ4n) is 4.31. The highest BCUT2D eigenvalue weighted by Gasteiger charge is 2.21. The van der Waals surface area contributed by atoms with Crippen molar-refractivity contribution < 1.29 is 14.6 Å². The number of pyridine rings is 1. The summed E-state index contributed by atoms with van der Waals surface area (Å²) in [5.74, 6) is -0.470. The van der Waals surface area contributed by atoms with Crippen molar-refractivity contribution in [2.75, 3.05) is 6.61 Å². The van der Waals surface area contributed by atoms with Gasteiger partial charge in [-0.1, -0.05) is 36.4 Å². The van der Waals surface area contributed by atoms with Crippen LogP contribution in [-0.2, 0) is 6.54 Å². The van der Waals surface area contributed by atoms with E-state index in [2.05, 4.69) is 11.4 Å². The summed E-state index contributed by atoms with van der Waals surface area (Å²) in [6, 6.07) is 21.4. The van der Waals surface area contributed by atoms with Crippen LogP contribution < -0.4 is 5.56 Å². The lowest BCUT2D eigenvalue weighted by Crippen LogP contribution is -2.31. The summed E-state index contributed by atoms with van der Waals surface area (Å²) in [6.07, 6.45) is -1.22. The van der Waals surface area contributed by atoms with Crippen molar-refractivity contribution in [2.24, 2.45) is 0 Å². The van der Waals surface area contributed by atoms with Gasteiger partial charge < -0.3 is 10.2 Å². The van der Waals surface area contributed by atoms with E-state index in [1.54, 1.807) is 29.5 Å². The molecule has 2 aromatic heterocycles. The third kappa shape index (κ3) is 3.68. The second-order valence-corrected chi connectivity index (χ2v) is 8.92. The monoisotopic (exact) mass is 470 g/mol. The van der Waals surface area contributed by atoms with Gasteiger partial charge in [-0.25, -0.2) is 4.39 Å². The molecule has 2 N–H and O–H groups in total. The zero-order valence-electron chi connectivity index (χ0n) is 17.9. The molecule has 5 aromatic rings. The van der Waals surface area contributed by atoms with Crippen molar-refractivity contribution in [3.8, 4) is 28.3 Å². The maximum Gasteiger partial charge on any atom is 0.259 e. The summed E-state index contributed by atoms with van der Waals surface area (Å²) in [7, 11) is 0. The molecule has 3 aromatic carbocycles. The Balaban J connectivity index is 1.87. The Hall–Kier alpha value is -3.83. The number of rotatable bonds is 5. The summed E-state index contributed by atoms with van der Waals surface area (Å²) in [5.41, 5.74) is 2.28. The molecule has 0 aliphatic heterocycles. The number of hydrogen-bond acceptors (Lipinski definition) is 5. The van der Waals surface area contributed by atoms with Crippen molar-refractivity contribution >= 4 is 32.2 Å². The average molecular weight is 471 g/mol. The number of aromatic nitrogens is 1. The van der Waals surface area contributed by atoms with Gasteiger partial charge in [0.05, 0.1) is 19.3 Å². The van der Waals surface area contributed by atoms with Gasteiger partial charge in [0.1, 0.15) is 17.6 Å². The zero-order valence-corrected chi connectivity index (χ0v) is 18.7. The van der Waals surface area contributed by atoms with Gasteiger partial charge in [0.2, 0.25) is 0 Å². The second kappa shape index (κ2) is 8.84. The van der Waals surface area contributed by atoms with Gasteiger partial charge in [-0.3, -0.25) is 9.36 Å². The van der Waals surface area contributed by atoms with Crippen LogP contribution in [0.1, 0.15) is 5.69 Å². The molecular weight excluding hydrogens is 451 g/mol. The Morgan fingerprint density at radius 1 is 1.00 bits per heavy atom. The summed E-state index contributed by atoms with van der Waals surface area (Å²) in [4.78, 5) is 13.4. The SMILES string of the molecule is N#Cc1c(-c2cccc(F)c2)c2cc(-c3csc4ccccc34)ccc2c(=O)n1CC(O)CO. The van der Waals surface area contributed by atoms with Gasteiger partial charge in [-0.15, -0.1) is 11.3 Å². The normalized spacial score (nSPS) is 12.2. The smallest absolute Gasteiger partial charge is 0.259 e. The Bertz CT molecular complexity index is 1650. The van der Waals surface area contributed by atoms with Crippen LogP contribution in [0.5, 0.6) is 0 Å². The minimum Gasteiger partial charge on any atom is -0.394 e. The van der Waals surface area contributed by atoms with Crippen molar-refractivity contribution in [1.29, 1.82) is 5.26 Å². The number of halogens is 1. The van der Waals surface area contributed by atoms with Crippen LogP contribution in [-0.4, -0.2) is 27.5 Å². The van der Waals surface area contributed by atoms with E-state index >= 15 is 0 Å². The molecule has 34 heavy (non-hydrogen) atoms. The van der Waals surface area contributed by atoms with Gasteiger partial charge in [-0.2, -0.15) is 5.26 Å². The lowest BCUT2D eigenvalue weighted by Gasteiger charge is -2.18. The number of fused-ring (bicyclic) bond motifs is 2. The van der Waals surface area contributed by atoms with Crippen molar-refractivity contribution in [3.63, 3.8) is 0 Å². The first kappa shape index (κ1) is 22.0. The second-order valence-electron chi connectivity index (χ2n) is 8.00. The number of aliphatic hydroxyl groups is 2. The van der Waals surface area contributed by atoms with E-state index in [1.165, 1.54) is 12.1 Å². The molecule has 0 saturated carbocycles. The Morgan fingerprint density at radius 2 is 1.82 bits per heavy atom. The van der Waals surface area contributed by atoms with Crippen LogP contribution in [0.25, 0.3) is 43.1 Å². The van der Waals surface area contributed by atoms with Gasteiger partial charge in [0.25, 0.3) is 5.56 Å². The molecule has 0 aliphatic carbocycles. The van der Waals surface area contributed by atoms with Crippen molar-refractivity contribution in [3.05, 3.63) is 94.0 Å². The number of benzene rings is 3. The molecule has 1 unspecified atom stereocenters. The first-order valence-electron chi connectivity index (χ1n) is 10.6. The third-order valence-electron chi connectivity index (χ3n) is 5.89. The Labute approximate surface area is 198 Å². The van der Waals surface area contributed by atoms with E-state index in [1.807, 2.05) is 36.4 Å². The molecule has 0 amide bonds. The fourth-order valence-corrected chi connectivity index (χ4v) is 5.28. The molecule has 5 rings (SSSR count). The van der Waals surface area contributed by atoms with Crippen LogP contribution in [0.3, 0.4) is 0 Å². The molecule has 7 heteroatoms. The quantitative estimate of drug-likeness (QED) is 0.382. The van der Waals surface area contributed by atoms with E-state index in [0.29, 0.717) is 21.9 Å². The molecule has 168 valence electrons. The summed E-state index contributed by atoms with van der Waals surface area (Å²) in [5, 5.41) is 33.4. The standard InChI is InChI=1S/C27H19FN2O3S/c28-18-5-3-4-17(10-18)26-22-11-16(23-15-34-25-7-2-1-6-20(23)25)8-9-21(22)27(33)30(24(26)12-29)13-19(32)14-31/h1-11,15,19,31-32H,13-14H2. The number of aliphatic hydroxyl groups excluding tert-OH is 2. The Morgan fingerprint density at radius 3 is 2.59 bits per heavy atom. The molecule has 2 heterocycles. The first-order valence-corrected chi connectivity index (χ1v) is 11.5. The predicted octanol–water partition coefficient (Wildman–Crippen LogP) is 4.91. The summed E-state index contributed by atoms with van der Waals surface area (Å²) in [6.45, 7) is -0.817. The van der Waals surface area contributed by atoms with Crippen LogP contribution in [0, 0.1) is 17.1 Å². The van der Waals surface area contributed by atoms with Crippen LogP contribution >= 0.6 is 11.3 Å².